The zero-order valence-electron chi connectivity index (χ0n) is 14.5. The maximum Gasteiger partial charge on any atom is 0.209 e. The largest absolute Gasteiger partial charge is 0.439 e. The van der Waals surface area contributed by atoms with Crippen molar-refractivity contribution in [2.45, 2.75) is 12.5 Å². The van der Waals surface area contributed by atoms with Gasteiger partial charge in [0.15, 0.2) is 5.76 Å². The molecule has 26 heavy (non-hydrogen) atoms. The molecule has 5 heteroatoms. The lowest BCUT2D eigenvalue weighted by Gasteiger charge is -2.16. The van der Waals surface area contributed by atoms with Crippen LogP contribution in [-0.4, -0.2) is 29.5 Å². The Labute approximate surface area is 152 Å². The van der Waals surface area contributed by atoms with Crippen molar-refractivity contribution >= 4 is 0 Å². The Bertz CT molecular complexity index is 864. The van der Waals surface area contributed by atoms with E-state index in [0.29, 0.717) is 42.1 Å². The van der Waals surface area contributed by atoms with E-state index < -0.39 is 0 Å². The minimum Gasteiger partial charge on any atom is -0.439 e. The molecule has 0 amide bonds. The standard InChI is InChI=1S/C21H22FN3O/c22-18-8-4-7-16(9-18)20-11-24-21(26-20)14-25-12-17(10-23)19(13-25)15-5-2-1-3-6-15/h1-9,11,17,19H,10,12-14,23H2/t17-,19+/m1/s1. The van der Waals surface area contributed by atoms with Crippen LogP contribution in [0.15, 0.2) is 65.2 Å². The van der Waals surface area contributed by atoms with Gasteiger partial charge in [-0.2, -0.15) is 0 Å². The summed E-state index contributed by atoms with van der Waals surface area (Å²) in [7, 11) is 0. The van der Waals surface area contributed by atoms with Gasteiger partial charge in [0, 0.05) is 24.6 Å². The van der Waals surface area contributed by atoms with Gasteiger partial charge in [0.1, 0.15) is 5.82 Å². The lowest BCUT2D eigenvalue weighted by Crippen LogP contribution is -2.23. The Morgan fingerprint density at radius 1 is 1.12 bits per heavy atom. The molecule has 2 aromatic carbocycles. The van der Waals surface area contributed by atoms with Gasteiger partial charge in [-0.3, -0.25) is 4.90 Å². The third-order valence-electron chi connectivity index (χ3n) is 5.07. The summed E-state index contributed by atoms with van der Waals surface area (Å²) in [5.74, 6) is 1.81. The van der Waals surface area contributed by atoms with Gasteiger partial charge in [0.05, 0.1) is 12.7 Å². The smallest absolute Gasteiger partial charge is 0.209 e. The van der Waals surface area contributed by atoms with Crippen molar-refractivity contribution in [1.29, 1.82) is 0 Å². The average Bonchev–Trinajstić information content (AvgIpc) is 3.30. The highest BCUT2D eigenvalue weighted by molar-refractivity contribution is 5.56. The molecule has 2 atom stereocenters. The summed E-state index contributed by atoms with van der Waals surface area (Å²) < 4.78 is 19.2. The van der Waals surface area contributed by atoms with E-state index in [4.69, 9.17) is 10.2 Å². The van der Waals surface area contributed by atoms with Gasteiger partial charge in [0.25, 0.3) is 0 Å². The third kappa shape index (κ3) is 3.54. The summed E-state index contributed by atoms with van der Waals surface area (Å²) in [5.41, 5.74) is 8.04. The van der Waals surface area contributed by atoms with Crippen molar-refractivity contribution in [3.05, 3.63) is 78.1 Å². The monoisotopic (exact) mass is 351 g/mol. The van der Waals surface area contributed by atoms with E-state index in [9.17, 15) is 4.39 Å². The van der Waals surface area contributed by atoms with E-state index in [1.807, 2.05) is 12.1 Å². The fourth-order valence-electron chi connectivity index (χ4n) is 3.76. The summed E-state index contributed by atoms with van der Waals surface area (Å²) in [6.07, 6.45) is 1.66. The number of nitrogens with zero attached hydrogens (tertiary/aromatic N) is 2. The summed E-state index contributed by atoms with van der Waals surface area (Å²) in [4.78, 5) is 6.70. The van der Waals surface area contributed by atoms with Gasteiger partial charge in [-0.05, 0) is 30.2 Å². The zero-order valence-corrected chi connectivity index (χ0v) is 14.5. The summed E-state index contributed by atoms with van der Waals surface area (Å²) >= 11 is 0. The molecule has 1 fully saturated rings. The predicted octanol–water partition coefficient (Wildman–Crippen LogP) is 3.66. The van der Waals surface area contributed by atoms with Crippen LogP contribution < -0.4 is 5.73 Å². The zero-order chi connectivity index (χ0) is 17.9. The van der Waals surface area contributed by atoms with Gasteiger partial charge in [0.2, 0.25) is 5.89 Å². The predicted molar refractivity (Wildman–Crippen MR) is 98.9 cm³/mol. The van der Waals surface area contributed by atoms with Gasteiger partial charge in [-0.1, -0.05) is 42.5 Å². The van der Waals surface area contributed by atoms with Crippen molar-refractivity contribution in [3.8, 4) is 11.3 Å². The molecule has 1 aliphatic heterocycles. The molecule has 1 aliphatic rings. The second-order valence-corrected chi connectivity index (χ2v) is 6.84. The topological polar surface area (TPSA) is 55.3 Å². The first kappa shape index (κ1) is 16.9. The molecule has 0 radical (unpaired) electrons. The molecule has 0 bridgehead atoms. The number of halogens is 1. The molecule has 134 valence electrons. The van der Waals surface area contributed by atoms with Crippen LogP contribution in [0.1, 0.15) is 17.4 Å². The molecule has 1 aromatic heterocycles. The quantitative estimate of drug-likeness (QED) is 0.762. The van der Waals surface area contributed by atoms with E-state index in [-0.39, 0.29) is 5.82 Å². The number of hydrogen-bond acceptors (Lipinski definition) is 4. The Morgan fingerprint density at radius 3 is 2.73 bits per heavy atom. The van der Waals surface area contributed by atoms with E-state index >= 15 is 0 Å². The summed E-state index contributed by atoms with van der Waals surface area (Å²) in [5, 5.41) is 0. The van der Waals surface area contributed by atoms with Crippen molar-refractivity contribution in [2.75, 3.05) is 19.6 Å². The minimum absolute atomic E-state index is 0.281. The highest BCUT2D eigenvalue weighted by atomic mass is 19.1. The first-order chi connectivity index (χ1) is 12.7. The van der Waals surface area contributed by atoms with Crippen molar-refractivity contribution < 1.29 is 8.81 Å². The van der Waals surface area contributed by atoms with Gasteiger partial charge in [-0.15, -0.1) is 0 Å². The number of rotatable bonds is 5. The molecular formula is C21H22FN3O. The van der Waals surface area contributed by atoms with E-state index in [1.54, 1.807) is 12.3 Å². The number of aromatic nitrogens is 1. The van der Waals surface area contributed by atoms with Gasteiger partial charge in [-0.25, -0.2) is 9.37 Å². The number of nitrogens with two attached hydrogens (primary N) is 1. The van der Waals surface area contributed by atoms with Crippen LogP contribution in [0.4, 0.5) is 4.39 Å². The number of likely N-dealkylation sites (tertiary alicyclic amines) is 1. The van der Waals surface area contributed by atoms with Crippen molar-refractivity contribution in [1.82, 2.24) is 9.88 Å². The second-order valence-electron chi connectivity index (χ2n) is 6.84. The maximum absolute atomic E-state index is 13.4. The average molecular weight is 351 g/mol. The molecule has 0 unspecified atom stereocenters. The SMILES string of the molecule is NC[C@@H]1CN(Cc2ncc(-c3cccc(F)c3)o2)C[C@H]1c1ccccc1. The molecule has 1 saturated heterocycles. The Kier molecular flexibility index (Phi) is 4.82. The molecule has 4 rings (SSSR count). The Morgan fingerprint density at radius 2 is 1.96 bits per heavy atom. The molecule has 4 nitrogen and oxygen atoms in total. The lowest BCUT2D eigenvalue weighted by molar-refractivity contribution is 0.281. The number of benzene rings is 2. The molecular weight excluding hydrogens is 329 g/mol. The Hall–Kier alpha value is -2.50. The van der Waals surface area contributed by atoms with Crippen LogP contribution >= 0.6 is 0 Å². The molecule has 0 aliphatic carbocycles. The van der Waals surface area contributed by atoms with Crippen LogP contribution in [0.2, 0.25) is 0 Å². The first-order valence-corrected chi connectivity index (χ1v) is 8.91. The summed E-state index contributed by atoms with van der Waals surface area (Å²) in [6.45, 7) is 3.16. The third-order valence-corrected chi connectivity index (χ3v) is 5.07. The van der Waals surface area contributed by atoms with Crippen molar-refractivity contribution in [3.63, 3.8) is 0 Å². The molecule has 3 aromatic rings. The van der Waals surface area contributed by atoms with Crippen LogP contribution in [0.5, 0.6) is 0 Å². The molecule has 0 spiro atoms. The van der Waals surface area contributed by atoms with Crippen LogP contribution in [0, 0.1) is 11.7 Å². The minimum atomic E-state index is -0.281. The van der Waals surface area contributed by atoms with E-state index in [0.717, 1.165) is 13.1 Å². The molecule has 2 N–H and O–H groups in total. The maximum atomic E-state index is 13.4. The number of oxazole rings is 1. The first-order valence-electron chi connectivity index (χ1n) is 8.91. The normalized spacial score (nSPS) is 20.5. The van der Waals surface area contributed by atoms with Gasteiger partial charge < -0.3 is 10.2 Å². The molecule has 2 heterocycles. The fourth-order valence-corrected chi connectivity index (χ4v) is 3.76. The lowest BCUT2D eigenvalue weighted by atomic mass is 9.89. The van der Waals surface area contributed by atoms with Crippen LogP contribution in [0.25, 0.3) is 11.3 Å². The van der Waals surface area contributed by atoms with Crippen LogP contribution in [-0.2, 0) is 6.54 Å². The fraction of sp³-hybridized carbons (Fsp3) is 0.286. The summed E-state index contributed by atoms with van der Waals surface area (Å²) in [6, 6.07) is 16.9. The van der Waals surface area contributed by atoms with Gasteiger partial charge >= 0.3 is 0 Å². The highest BCUT2D eigenvalue weighted by Crippen LogP contribution is 2.33. The van der Waals surface area contributed by atoms with Crippen LogP contribution in [0.3, 0.4) is 0 Å². The van der Waals surface area contributed by atoms with E-state index in [2.05, 4.69) is 34.1 Å². The second kappa shape index (κ2) is 7.40. The highest BCUT2D eigenvalue weighted by Gasteiger charge is 2.33. The van der Waals surface area contributed by atoms with Crippen molar-refractivity contribution in [2.24, 2.45) is 11.7 Å². The number of hydrogen-bond donors (Lipinski definition) is 1. The molecule has 0 saturated carbocycles. The van der Waals surface area contributed by atoms with E-state index in [1.165, 1.54) is 17.7 Å². The Balaban J connectivity index is 1.47.